The molecule has 12 heavy (non-hydrogen) atoms. The van der Waals surface area contributed by atoms with E-state index in [1.165, 1.54) is 22.0 Å². The van der Waals surface area contributed by atoms with E-state index < -0.39 is 0 Å². The first-order valence-electron chi connectivity index (χ1n) is 4.14. The molecular formula is C10H11IO. The Morgan fingerprint density at radius 2 is 2.08 bits per heavy atom. The van der Waals surface area contributed by atoms with Crippen molar-refractivity contribution >= 4 is 22.6 Å². The van der Waals surface area contributed by atoms with Crippen molar-refractivity contribution < 1.29 is 4.74 Å². The smallest absolute Gasteiger partial charge is 0.120 e. The van der Waals surface area contributed by atoms with E-state index in [2.05, 4.69) is 40.8 Å². The number of ether oxygens (including phenoxy) is 1. The maximum Gasteiger partial charge on any atom is 0.120 e. The van der Waals surface area contributed by atoms with Gasteiger partial charge in [-0.25, -0.2) is 0 Å². The summed E-state index contributed by atoms with van der Waals surface area (Å²) < 4.78 is 6.48. The maximum absolute atomic E-state index is 5.21. The van der Waals surface area contributed by atoms with Crippen LogP contribution in [0.15, 0.2) is 18.2 Å². The van der Waals surface area contributed by atoms with Gasteiger partial charge < -0.3 is 4.74 Å². The lowest BCUT2D eigenvalue weighted by molar-refractivity contribution is 0.414. The van der Waals surface area contributed by atoms with Gasteiger partial charge in [0.2, 0.25) is 0 Å². The normalized spacial score (nSPS) is 16.2. The van der Waals surface area contributed by atoms with E-state index in [-0.39, 0.29) is 0 Å². The number of methoxy groups -OCH3 is 1. The third kappa shape index (κ3) is 1.73. The molecule has 2 rings (SSSR count). The van der Waals surface area contributed by atoms with E-state index in [9.17, 15) is 0 Å². The second-order valence-electron chi connectivity index (χ2n) is 3.20. The van der Waals surface area contributed by atoms with Gasteiger partial charge in [-0.1, -0.05) is 0 Å². The Kier molecular flexibility index (Phi) is 2.26. The molecule has 0 amide bonds. The molecule has 0 aromatic heterocycles. The van der Waals surface area contributed by atoms with Crippen molar-refractivity contribution in [2.75, 3.05) is 7.11 Å². The summed E-state index contributed by atoms with van der Waals surface area (Å²) >= 11 is 2.34. The summed E-state index contributed by atoms with van der Waals surface area (Å²) in [6, 6.07) is 6.47. The van der Waals surface area contributed by atoms with Crippen molar-refractivity contribution in [1.82, 2.24) is 0 Å². The third-order valence-corrected chi connectivity index (χ3v) is 2.80. The van der Waals surface area contributed by atoms with Gasteiger partial charge in [-0.15, -0.1) is 0 Å². The van der Waals surface area contributed by atoms with Crippen molar-refractivity contribution in [3.63, 3.8) is 0 Å². The lowest BCUT2D eigenvalue weighted by Gasteiger charge is -2.04. The first-order valence-corrected chi connectivity index (χ1v) is 5.22. The summed E-state index contributed by atoms with van der Waals surface area (Å²) in [4.78, 5) is 0. The van der Waals surface area contributed by atoms with Gasteiger partial charge in [0.1, 0.15) is 5.75 Å². The standard InChI is InChI=1S/C10H11IO/c1-12-10-5-8(7-2-3-7)4-9(11)6-10/h4-7H,2-3H2,1H3. The highest BCUT2D eigenvalue weighted by Crippen LogP contribution is 2.41. The Balaban J connectivity index is 2.34. The zero-order valence-electron chi connectivity index (χ0n) is 7.01. The first kappa shape index (κ1) is 8.35. The molecule has 64 valence electrons. The van der Waals surface area contributed by atoms with Crippen LogP contribution in [0.4, 0.5) is 0 Å². The van der Waals surface area contributed by atoms with Crippen molar-refractivity contribution in [3.8, 4) is 5.75 Å². The minimum absolute atomic E-state index is 0.814. The Hall–Kier alpha value is -0.250. The maximum atomic E-state index is 5.21. The third-order valence-electron chi connectivity index (χ3n) is 2.18. The van der Waals surface area contributed by atoms with Crippen LogP contribution < -0.4 is 4.74 Å². The molecule has 1 saturated carbocycles. The van der Waals surface area contributed by atoms with Gasteiger partial charge in [0, 0.05) is 3.57 Å². The van der Waals surface area contributed by atoms with E-state index in [0.717, 1.165) is 11.7 Å². The molecule has 1 aliphatic rings. The van der Waals surface area contributed by atoms with Gasteiger partial charge in [-0.05, 0) is 65.1 Å². The summed E-state index contributed by atoms with van der Waals surface area (Å²) in [5, 5.41) is 0. The number of hydrogen-bond donors (Lipinski definition) is 0. The van der Waals surface area contributed by atoms with Crippen LogP contribution in [0.1, 0.15) is 24.3 Å². The molecule has 0 atom stereocenters. The number of benzene rings is 1. The summed E-state index contributed by atoms with van der Waals surface area (Å²) in [5.41, 5.74) is 1.44. The Labute approximate surface area is 86.3 Å². The van der Waals surface area contributed by atoms with E-state index in [1.54, 1.807) is 7.11 Å². The van der Waals surface area contributed by atoms with Crippen LogP contribution in [0.25, 0.3) is 0 Å². The molecule has 0 saturated heterocycles. The van der Waals surface area contributed by atoms with Gasteiger partial charge in [0.15, 0.2) is 0 Å². The fraction of sp³-hybridized carbons (Fsp3) is 0.400. The van der Waals surface area contributed by atoms with Gasteiger partial charge >= 0.3 is 0 Å². The SMILES string of the molecule is COc1cc(I)cc(C2CC2)c1. The molecule has 0 bridgehead atoms. The van der Waals surface area contributed by atoms with Crippen LogP contribution in [0.3, 0.4) is 0 Å². The quantitative estimate of drug-likeness (QED) is 0.753. The van der Waals surface area contributed by atoms with Crippen LogP contribution in [-0.2, 0) is 0 Å². The zero-order valence-corrected chi connectivity index (χ0v) is 9.17. The molecule has 1 fully saturated rings. The van der Waals surface area contributed by atoms with Crippen LogP contribution in [-0.4, -0.2) is 7.11 Å². The lowest BCUT2D eigenvalue weighted by atomic mass is 10.1. The molecule has 1 aliphatic carbocycles. The molecular weight excluding hydrogens is 263 g/mol. The molecule has 1 aromatic rings. The number of rotatable bonds is 2. The predicted octanol–water partition coefficient (Wildman–Crippen LogP) is 3.18. The number of halogens is 1. The van der Waals surface area contributed by atoms with Gasteiger partial charge in [-0.3, -0.25) is 0 Å². The summed E-state index contributed by atoms with van der Waals surface area (Å²) in [6.07, 6.45) is 2.70. The summed E-state index contributed by atoms with van der Waals surface area (Å²) in [7, 11) is 1.72. The topological polar surface area (TPSA) is 9.23 Å². The Bertz CT molecular complexity index is 292. The van der Waals surface area contributed by atoms with E-state index in [4.69, 9.17) is 4.74 Å². The van der Waals surface area contributed by atoms with Crippen LogP contribution >= 0.6 is 22.6 Å². The van der Waals surface area contributed by atoms with Crippen molar-refractivity contribution in [1.29, 1.82) is 0 Å². The van der Waals surface area contributed by atoms with Crippen molar-refractivity contribution in [2.24, 2.45) is 0 Å². The van der Waals surface area contributed by atoms with Gasteiger partial charge in [0.25, 0.3) is 0 Å². The molecule has 0 aliphatic heterocycles. The molecule has 0 radical (unpaired) electrons. The Morgan fingerprint density at radius 1 is 1.33 bits per heavy atom. The van der Waals surface area contributed by atoms with Gasteiger partial charge in [0.05, 0.1) is 7.11 Å². The second-order valence-corrected chi connectivity index (χ2v) is 4.44. The van der Waals surface area contributed by atoms with Crippen molar-refractivity contribution in [2.45, 2.75) is 18.8 Å². The van der Waals surface area contributed by atoms with Crippen LogP contribution in [0.5, 0.6) is 5.75 Å². The second kappa shape index (κ2) is 3.24. The minimum atomic E-state index is 0.814. The molecule has 1 aromatic carbocycles. The average Bonchev–Trinajstić information content (AvgIpc) is 2.85. The monoisotopic (exact) mass is 274 g/mol. The van der Waals surface area contributed by atoms with E-state index in [1.807, 2.05) is 0 Å². The van der Waals surface area contributed by atoms with Crippen LogP contribution in [0, 0.1) is 3.57 Å². The highest BCUT2D eigenvalue weighted by molar-refractivity contribution is 14.1. The van der Waals surface area contributed by atoms with Crippen molar-refractivity contribution in [3.05, 3.63) is 27.3 Å². The fourth-order valence-electron chi connectivity index (χ4n) is 1.35. The van der Waals surface area contributed by atoms with Gasteiger partial charge in [-0.2, -0.15) is 0 Å². The predicted molar refractivity (Wildman–Crippen MR) is 57.7 cm³/mol. The summed E-state index contributed by atoms with van der Waals surface area (Å²) in [6.45, 7) is 0. The Morgan fingerprint density at radius 3 is 2.67 bits per heavy atom. The molecule has 1 nitrogen and oxygen atoms in total. The lowest BCUT2D eigenvalue weighted by Crippen LogP contribution is -1.87. The summed E-state index contributed by atoms with van der Waals surface area (Å²) in [5.74, 6) is 1.80. The molecule has 0 unspecified atom stereocenters. The highest BCUT2D eigenvalue weighted by Gasteiger charge is 2.23. The largest absolute Gasteiger partial charge is 0.497 e. The average molecular weight is 274 g/mol. The highest BCUT2D eigenvalue weighted by atomic mass is 127. The van der Waals surface area contributed by atoms with E-state index >= 15 is 0 Å². The van der Waals surface area contributed by atoms with E-state index in [0.29, 0.717) is 0 Å². The molecule has 0 heterocycles. The molecule has 2 heteroatoms. The minimum Gasteiger partial charge on any atom is -0.497 e. The first-order chi connectivity index (χ1) is 5.79. The van der Waals surface area contributed by atoms with Crippen LogP contribution in [0.2, 0.25) is 0 Å². The number of hydrogen-bond acceptors (Lipinski definition) is 1. The zero-order chi connectivity index (χ0) is 8.55. The molecule has 0 N–H and O–H groups in total. The fourth-order valence-corrected chi connectivity index (χ4v) is 2.02. The molecule has 0 spiro atoms.